The van der Waals surface area contributed by atoms with E-state index in [0.717, 1.165) is 0 Å². The van der Waals surface area contributed by atoms with Crippen LogP contribution < -0.4 is 11.2 Å². The highest BCUT2D eigenvalue weighted by atomic mass is 16.6. The van der Waals surface area contributed by atoms with Crippen molar-refractivity contribution in [2.24, 2.45) is 5.73 Å². The zero-order valence-electron chi connectivity index (χ0n) is 5.68. The van der Waals surface area contributed by atoms with Gasteiger partial charge in [-0.3, -0.25) is 9.63 Å². The average Bonchev–Trinajstić information content (AvgIpc) is 1.87. The van der Waals surface area contributed by atoms with Crippen LogP contribution >= 0.6 is 0 Å². The first kappa shape index (κ1) is 8.39. The van der Waals surface area contributed by atoms with Gasteiger partial charge in [-0.1, -0.05) is 6.92 Å². The molecule has 9 heavy (non-hydrogen) atoms. The summed E-state index contributed by atoms with van der Waals surface area (Å²) in [5, 5.41) is 0. The summed E-state index contributed by atoms with van der Waals surface area (Å²) < 4.78 is 0. The number of nitrogens with two attached hydrogens (primary N) is 1. The standard InChI is InChI=1S/C5H12N2O2/c1-3-4(6)5(8)7-9-2/h4H,3,6H2,1-2H3,(H,7,8)/t4-/m1/s1. The highest BCUT2D eigenvalue weighted by Gasteiger charge is 2.08. The first-order valence-corrected chi connectivity index (χ1v) is 2.80. The van der Waals surface area contributed by atoms with E-state index in [1.54, 1.807) is 0 Å². The van der Waals surface area contributed by atoms with Crippen LogP contribution in [0.1, 0.15) is 13.3 Å². The molecule has 3 N–H and O–H groups in total. The summed E-state index contributed by atoms with van der Waals surface area (Å²) in [5.41, 5.74) is 7.44. The van der Waals surface area contributed by atoms with Crippen molar-refractivity contribution in [2.75, 3.05) is 7.11 Å². The molecule has 0 rings (SSSR count). The molecule has 54 valence electrons. The molecule has 4 nitrogen and oxygen atoms in total. The number of hydroxylamine groups is 1. The summed E-state index contributed by atoms with van der Waals surface area (Å²) in [5.74, 6) is -0.278. The predicted octanol–water partition coefficient (Wildman–Crippen LogP) is -0.599. The zero-order valence-corrected chi connectivity index (χ0v) is 5.68. The number of carbonyl (C=O) groups excluding carboxylic acids is 1. The molecule has 0 aromatic carbocycles. The van der Waals surface area contributed by atoms with Gasteiger partial charge in [0.1, 0.15) is 0 Å². The number of amides is 1. The molecule has 0 unspecified atom stereocenters. The number of hydrogen-bond acceptors (Lipinski definition) is 3. The molecule has 0 aliphatic heterocycles. The topological polar surface area (TPSA) is 64.4 Å². The smallest absolute Gasteiger partial charge is 0.260 e. The summed E-state index contributed by atoms with van der Waals surface area (Å²) in [4.78, 5) is 15.0. The SMILES string of the molecule is CC[C@@H](N)C(=O)NOC. The summed E-state index contributed by atoms with van der Waals surface area (Å²) >= 11 is 0. The maximum Gasteiger partial charge on any atom is 0.260 e. The molecular weight excluding hydrogens is 120 g/mol. The molecule has 1 atom stereocenters. The van der Waals surface area contributed by atoms with E-state index in [1.165, 1.54) is 7.11 Å². The molecular formula is C5H12N2O2. The Morgan fingerprint density at radius 1 is 1.89 bits per heavy atom. The third kappa shape index (κ3) is 3.05. The maximum atomic E-state index is 10.6. The van der Waals surface area contributed by atoms with Crippen LogP contribution in [0.4, 0.5) is 0 Å². The van der Waals surface area contributed by atoms with E-state index in [9.17, 15) is 4.79 Å². The molecule has 0 aromatic rings. The van der Waals surface area contributed by atoms with Crippen molar-refractivity contribution < 1.29 is 9.63 Å². The van der Waals surface area contributed by atoms with E-state index in [1.807, 2.05) is 6.92 Å². The minimum Gasteiger partial charge on any atom is -0.320 e. The lowest BCUT2D eigenvalue weighted by Gasteiger charge is -2.06. The molecule has 0 aliphatic rings. The average molecular weight is 132 g/mol. The van der Waals surface area contributed by atoms with Gasteiger partial charge in [0.25, 0.3) is 5.91 Å². The highest BCUT2D eigenvalue weighted by Crippen LogP contribution is 1.83. The molecule has 0 aromatic heterocycles. The van der Waals surface area contributed by atoms with Gasteiger partial charge >= 0.3 is 0 Å². The van der Waals surface area contributed by atoms with Crippen LogP contribution in [0.5, 0.6) is 0 Å². The second kappa shape index (κ2) is 4.29. The second-order valence-corrected chi connectivity index (χ2v) is 1.69. The van der Waals surface area contributed by atoms with E-state index < -0.39 is 6.04 Å². The van der Waals surface area contributed by atoms with E-state index in [-0.39, 0.29) is 5.91 Å². The third-order valence-corrected chi connectivity index (χ3v) is 0.979. The number of hydrogen-bond donors (Lipinski definition) is 2. The van der Waals surface area contributed by atoms with Gasteiger partial charge < -0.3 is 5.73 Å². The van der Waals surface area contributed by atoms with Crippen molar-refractivity contribution >= 4 is 5.91 Å². The lowest BCUT2D eigenvalue weighted by atomic mass is 10.2. The lowest BCUT2D eigenvalue weighted by Crippen LogP contribution is -2.39. The van der Waals surface area contributed by atoms with Crippen LogP contribution in [0.15, 0.2) is 0 Å². The predicted molar refractivity (Wildman–Crippen MR) is 33.4 cm³/mol. The van der Waals surface area contributed by atoms with E-state index in [2.05, 4.69) is 10.3 Å². The summed E-state index contributed by atoms with van der Waals surface area (Å²) in [7, 11) is 1.38. The Kier molecular flexibility index (Phi) is 4.00. The van der Waals surface area contributed by atoms with Crippen LogP contribution in [0, 0.1) is 0 Å². The van der Waals surface area contributed by atoms with Gasteiger partial charge in [-0.2, -0.15) is 0 Å². The Morgan fingerprint density at radius 2 is 2.44 bits per heavy atom. The van der Waals surface area contributed by atoms with Crippen LogP contribution in [0.3, 0.4) is 0 Å². The Hall–Kier alpha value is -0.610. The lowest BCUT2D eigenvalue weighted by molar-refractivity contribution is -0.132. The van der Waals surface area contributed by atoms with Crippen molar-refractivity contribution in [2.45, 2.75) is 19.4 Å². The minimum atomic E-state index is -0.454. The van der Waals surface area contributed by atoms with Gasteiger partial charge in [-0.15, -0.1) is 0 Å². The molecule has 4 heteroatoms. The fourth-order valence-electron chi connectivity index (χ4n) is 0.362. The van der Waals surface area contributed by atoms with Gasteiger partial charge in [0.05, 0.1) is 13.2 Å². The highest BCUT2D eigenvalue weighted by molar-refractivity contribution is 5.80. The Bertz CT molecular complexity index is 95.0. The molecule has 0 bridgehead atoms. The summed E-state index contributed by atoms with van der Waals surface area (Å²) in [6, 6.07) is -0.454. The van der Waals surface area contributed by atoms with E-state index >= 15 is 0 Å². The van der Waals surface area contributed by atoms with Crippen molar-refractivity contribution in [1.29, 1.82) is 0 Å². The number of nitrogens with one attached hydrogen (secondary N) is 1. The van der Waals surface area contributed by atoms with Crippen molar-refractivity contribution in [1.82, 2.24) is 5.48 Å². The zero-order chi connectivity index (χ0) is 7.28. The maximum absolute atomic E-state index is 10.6. The Balaban J connectivity index is 3.46. The Labute approximate surface area is 54.3 Å². The molecule has 1 amide bonds. The molecule has 0 aliphatic carbocycles. The molecule has 0 spiro atoms. The van der Waals surface area contributed by atoms with Crippen LogP contribution in [0.25, 0.3) is 0 Å². The first-order valence-electron chi connectivity index (χ1n) is 2.80. The van der Waals surface area contributed by atoms with E-state index in [0.29, 0.717) is 6.42 Å². The monoisotopic (exact) mass is 132 g/mol. The molecule has 0 heterocycles. The molecule has 0 fully saturated rings. The molecule has 0 saturated heterocycles. The van der Waals surface area contributed by atoms with Gasteiger partial charge in [0.2, 0.25) is 0 Å². The van der Waals surface area contributed by atoms with Crippen LogP contribution in [-0.2, 0) is 9.63 Å². The van der Waals surface area contributed by atoms with E-state index in [4.69, 9.17) is 5.73 Å². The largest absolute Gasteiger partial charge is 0.320 e. The number of carbonyl (C=O) groups is 1. The molecule has 0 saturated carbocycles. The van der Waals surface area contributed by atoms with Gasteiger partial charge in [0.15, 0.2) is 0 Å². The van der Waals surface area contributed by atoms with Crippen LogP contribution in [-0.4, -0.2) is 19.1 Å². The fourth-order valence-corrected chi connectivity index (χ4v) is 0.362. The second-order valence-electron chi connectivity index (χ2n) is 1.69. The quantitative estimate of drug-likeness (QED) is 0.504. The van der Waals surface area contributed by atoms with Crippen molar-refractivity contribution in [3.8, 4) is 0 Å². The van der Waals surface area contributed by atoms with Crippen molar-refractivity contribution in [3.63, 3.8) is 0 Å². The first-order chi connectivity index (χ1) is 4.22. The van der Waals surface area contributed by atoms with Crippen LogP contribution in [0.2, 0.25) is 0 Å². The minimum absolute atomic E-state index is 0.278. The Morgan fingerprint density at radius 3 is 2.78 bits per heavy atom. The van der Waals surface area contributed by atoms with Gasteiger partial charge in [-0.05, 0) is 6.42 Å². The number of rotatable bonds is 3. The third-order valence-electron chi connectivity index (χ3n) is 0.979. The van der Waals surface area contributed by atoms with Gasteiger partial charge in [-0.25, -0.2) is 5.48 Å². The normalized spacial score (nSPS) is 12.8. The van der Waals surface area contributed by atoms with Crippen molar-refractivity contribution in [3.05, 3.63) is 0 Å². The fraction of sp³-hybridized carbons (Fsp3) is 0.800. The summed E-state index contributed by atoms with van der Waals surface area (Å²) in [6.07, 6.45) is 0.620. The molecule has 0 radical (unpaired) electrons. The summed E-state index contributed by atoms with van der Waals surface area (Å²) in [6.45, 7) is 1.83. The van der Waals surface area contributed by atoms with Gasteiger partial charge in [0, 0.05) is 0 Å².